The molecule has 0 aliphatic rings. The largest absolute Gasteiger partial charge is 0.309 e. The Hall–Kier alpha value is -0.480. The lowest BCUT2D eigenvalue weighted by molar-refractivity contribution is 0.442. The molecule has 1 aromatic heterocycles. The molecule has 4 heteroatoms. The molecule has 0 spiro atoms. The lowest BCUT2D eigenvalue weighted by Gasteiger charge is -2.23. The second-order valence-electron chi connectivity index (χ2n) is 7.07. The van der Waals surface area contributed by atoms with Gasteiger partial charge in [-0.05, 0) is 36.8 Å². The molecule has 0 saturated carbocycles. The standard InChI is InChI=1S/C16H31N3S/c1-7-11-17-13(10-8-9-12(2)3)14-15(16(4,5)6)18-19-20-14/h12-13,17H,7-11H2,1-6H3. The molecular formula is C16H31N3S. The number of hydrogen-bond acceptors (Lipinski definition) is 4. The van der Waals surface area contributed by atoms with E-state index >= 15 is 0 Å². The van der Waals surface area contributed by atoms with Gasteiger partial charge in [0.05, 0.1) is 10.6 Å². The third-order valence-electron chi connectivity index (χ3n) is 3.46. The van der Waals surface area contributed by atoms with Crippen molar-refractivity contribution in [2.45, 2.75) is 78.7 Å². The Bertz CT molecular complexity index is 379. The van der Waals surface area contributed by atoms with Gasteiger partial charge in [0, 0.05) is 11.5 Å². The second kappa shape index (κ2) is 8.08. The topological polar surface area (TPSA) is 37.8 Å². The van der Waals surface area contributed by atoms with Gasteiger partial charge in [-0.2, -0.15) is 0 Å². The molecule has 0 amide bonds. The van der Waals surface area contributed by atoms with Crippen LogP contribution in [0.4, 0.5) is 0 Å². The molecule has 0 aromatic carbocycles. The molecule has 1 atom stereocenters. The third-order valence-corrected chi connectivity index (χ3v) is 4.29. The predicted molar refractivity (Wildman–Crippen MR) is 88.3 cm³/mol. The van der Waals surface area contributed by atoms with E-state index in [-0.39, 0.29) is 5.41 Å². The van der Waals surface area contributed by atoms with Crippen LogP contribution in [0.2, 0.25) is 0 Å². The fourth-order valence-corrected chi connectivity index (χ4v) is 3.29. The molecular weight excluding hydrogens is 266 g/mol. The van der Waals surface area contributed by atoms with Crippen molar-refractivity contribution in [1.29, 1.82) is 0 Å². The van der Waals surface area contributed by atoms with Gasteiger partial charge in [0.2, 0.25) is 0 Å². The van der Waals surface area contributed by atoms with Gasteiger partial charge in [-0.15, -0.1) is 5.10 Å². The summed E-state index contributed by atoms with van der Waals surface area (Å²) in [7, 11) is 0. The van der Waals surface area contributed by atoms with Crippen molar-refractivity contribution in [3.05, 3.63) is 10.6 Å². The van der Waals surface area contributed by atoms with Crippen LogP contribution in [0.3, 0.4) is 0 Å². The highest BCUT2D eigenvalue weighted by Gasteiger charge is 2.26. The molecule has 3 nitrogen and oxygen atoms in total. The zero-order valence-corrected chi connectivity index (χ0v) is 14.8. The summed E-state index contributed by atoms with van der Waals surface area (Å²) in [6.07, 6.45) is 4.91. The number of hydrogen-bond donors (Lipinski definition) is 1. The zero-order chi connectivity index (χ0) is 15.2. The highest BCUT2D eigenvalue weighted by Crippen LogP contribution is 2.32. The van der Waals surface area contributed by atoms with Crippen LogP contribution in [-0.4, -0.2) is 16.1 Å². The van der Waals surface area contributed by atoms with Crippen molar-refractivity contribution in [3.8, 4) is 0 Å². The SMILES string of the molecule is CCCNC(CCCC(C)C)c1snnc1C(C)(C)C. The van der Waals surface area contributed by atoms with Crippen LogP contribution in [-0.2, 0) is 5.41 Å². The molecule has 20 heavy (non-hydrogen) atoms. The summed E-state index contributed by atoms with van der Waals surface area (Å²) < 4.78 is 4.21. The van der Waals surface area contributed by atoms with Crippen molar-refractivity contribution in [2.24, 2.45) is 5.92 Å². The quantitative estimate of drug-likeness (QED) is 0.755. The van der Waals surface area contributed by atoms with E-state index in [0.717, 1.165) is 18.9 Å². The van der Waals surface area contributed by atoms with Gasteiger partial charge >= 0.3 is 0 Å². The summed E-state index contributed by atoms with van der Waals surface area (Å²) in [5, 5.41) is 8.08. The van der Waals surface area contributed by atoms with E-state index in [1.165, 1.54) is 29.8 Å². The van der Waals surface area contributed by atoms with Gasteiger partial charge in [-0.1, -0.05) is 58.9 Å². The van der Waals surface area contributed by atoms with Crippen LogP contribution >= 0.6 is 11.5 Å². The van der Waals surface area contributed by atoms with E-state index in [4.69, 9.17) is 0 Å². The first-order valence-electron chi connectivity index (χ1n) is 7.92. The monoisotopic (exact) mass is 297 g/mol. The van der Waals surface area contributed by atoms with Crippen molar-refractivity contribution in [2.75, 3.05) is 6.54 Å². The second-order valence-corrected chi connectivity index (χ2v) is 7.85. The molecule has 1 aromatic rings. The predicted octanol–water partition coefficient (Wildman–Crippen LogP) is 4.70. The Morgan fingerprint density at radius 3 is 2.45 bits per heavy atom. The molecule has 1 N–H and O–H groups in total. The van der Waals surface area contributed by atoms with Gasteiger partial charge < -0.3 is 5.32 Å². The van der Waals surface area contributed by atoms with Crippen LogP contribution in [0.15, 0.2) is 0 Å². The first-order chi connectivity index (χ1) is 9.36. The van der Waals surface area contributed by atoms with Gasteiger partial charge in [0.15, 0.2) is 0 Å². The average Bonchev–Trinajstić information content (AvgIpc) is 2.81. The number of aromatic nitrogens is 2. The van der Waals surface area contributed by atoms with E-state index in [9.17, 15) is 0 Å². The molecule has 1 rings (SSSR count). The van der Waals surface area contributed by atoms with Crippen molar-refractivity contribution in [3.63, 3.8) is 0 Å². The smallest absolute Gasteiger partial charge is 0.0857 e. The van der Waals surface area contributed by atoms with Crippen LogP contribution in [0.25, 0.3) is 0 Å². The minimum absolute atomic E-state index is 0.0759. The zero-order valence-electron chi connectivity index (χ0n) is 14.0. The minimum Gasteiger partial charge on any atom is -0.309 e. The summed E-state index contributed by atoms with van der Waals surface area (Å²) in [6, 6.07) is 0.419. The molecule has 0 fully saturated rings. The lowest BCUT2D eigenvalue weighted by atomic mass is 9.89. The molecule has 116 valence electrons. The van der Waals surface area contributed by atoms with E-state index in [2.05, 4.69) is 56.4 Å². The van der Waals surface area contributed by atoms with Gasteiger partial charge in [0.1, 0.15) is 0 Å². The molecule has 1 heterocycles. The van der Waals surface area contributed by atoms with Crippen molar-refractivity contribution in [1.82, 2.24) is 14.9 Å². The van der Waals surface area contributed by atoms with Crippen molar-refractivity contribution < 1.29 is 0 Å². The minimum atomic E-state index is 0.0759. The summed E-state index contributed by atoms with van der Waals surface area (Å²) in [4.78, 5) is 1.34. The van der Waals surface area contributed by atoms with Crippen molar-refractivity contribution >= 4 is 11.5 Å². The fourth-order valence-electron chi connectivity index (χ4n) is 2.32. The molecule has 0 bridgehead atoms. The highest BCUT2D eigenvalue weighted by molar-refractivity contribution is 7.05. The summed E-state index contributed by atoms with van der Waals surface area (Å²) in [6.45, 7) is 14.5. The van der Waals surface area contributed by atoms with Gasteiger partial charge in [0.25, 0.3) is 0 Å². The number of nitrogens with zero attached hydrogens (tertiary/aromatic N) is 2. The Balaban J connectivity index is 2.79. The van der Waals surface area contributed by atoms with E-state index < -0.39 is 0 Å². The highest BCUT2D eigenvalue weighted by atomic mass is 32.1. The fraction of sp³-hybridized carbons (Fsp3) is 0.875. The molecule has 0 aliphatic heterocycles. The number of rotatable bonds is 8. The molecule has 0 aliphatic carbocycles. The van der Waals surface area contributed by atoms with Crippen LogP contribution in [0.5, 0.6) is 0 Å². The summed E-state index contributed by atoms with van der Waals surface area (Å²) >= 11 is 1.57. The summed E-state index contributed by atoms with van der Waals surface area (Å²) in [5.41, 5.74) is 1.24. The van der Waals surface area contributed by atoms with E-state index in [0.29, 0.717) is 6.04 Å². The van der Waals surface area contributed by atoms with E-state index in [1.54, 1.807) is 11.5 Å². The Labute approximate surface area is 128 Å². The van der Waals surface area contributed by atoms with Gasteiger partial charge in [-0.3, -0.25) is 0 Å². The molecule has 0 saturated heterocycles. The lowest BCUT2D eigenvalue weighted by Crippen LogP contribution is -2.25. The average molecular weight is 298 g/mol. The summed E-state index contributed by atoms with van der Waals surface area (Å²) in [5.74, 6) is 0.781. The first-order valence-corrected chi connectivity index (χ1v) is 8.69. The maximum absolute atomic E-state index is 4.39. The maximum atomic E-state index is 4.39. The third kappa shape index (κ3) is 5.49. The number of nitrogens with one attached hydrogen (secondary N) is 1. The molecule has 0 radical (unpaired) electrons. The Morgan fingerprint density at radius 2 is 1.90 bits per heavy atom. The Morgan fingerprint density at radius 1 is 1.20 bits per heavy atom. The van der Waals surface area contributed by atoms with Crippen LogP contribution in [0.1, 0.15) is 83.8 Å². The first kappa shape index (κ1) is 17.6. The van der Waals surface area contributed by atoms with Crippen LogP contribution in [0, 0.1) is 5.92 Å². The van der Waals surface area contributed by atoms with Gasteiger partial charge in [-0.25, -0.2) is 0 Å². The maximum Gasteiger partial charge on any atom is 0.0857 e. The Kier molecular flexibility index (Phi) is 7.10. The normalized spacial score (nSPS) is 13.9. The van der Waals surface area contributed by atoms with E-state index in [1.807, 2.05) is 0 Å². The van der Waals surface area contributed by atoms with Crippen LogP contribution < -0.4 is 5.32 Å². The molecule has 1 unspecified atom stereocenters.